The molecule has 2 aliphatic heterocycles. The minimum atomic E-state index is 0.177. The maximum atomic E-state index is 11.9. The van der Waals surface area contributed by atoms with E-state index in [0.717, 1.165) is 80.1 Å². The van der Waals surface area contributed by atoms with Crippen molar-refractivity contribution in [2.75, 3.05) is 39.8 Å². The maximum Gasteiger partial charge on any atom is 0.236 e. The summed E-state index contributed by atoms with van der Waals surface area (Å²) in [5.74, 6) is 1.16. The minimum absolute atomic E-state index is 0.177. The van der Waals surface area contributed by atoms with Crippen LogP contribution < -0.4 is 5.32 Å². The number of aldehydes is 1. The van der Waals surface area contributed by atoms with Crippen LogP contribution in [0.25, 0.3) is 17.9 Å². The average Bonchev–Trinajstić information content (AvgIpc) is 3.50. The zero-order valence-electron chi connectivity index (χ0n) is 25.0. The lowest BCUT2D eigenvalue weighted by Crippen LogP contribution is -2.43. The molecule has 0 aliphatic carbocycles. The molecular formula is C32H50N4O3. The molecule has 3 rings (SSSR count). The normalized spacial score (nSPS) is 16.6. The molecule has 1 aromatic heterocycles. The Morgan fingerprint density at radius 1 is 1.18 bits per heavy atom. The SMILES string of the molecule is C=Cc1ccc(/C(=C/C)O/C=C/CC)nc1/C=C(\C)NC.CC.O=CC1CCN(C(=O)CN2CCCC2)CC1. The summed E-state index contributed by atoms with van der Waals surface area (Å²) in [5.41, 5.74) is 3.71. The number of ether oxygens (including phenoxy) is 1. The number of allylic oxidation sites excluding steroid dienone is 3. The smallest absolute Gasteiger partial charge is 0.236 e. The van der Waals surface area contributed by atoms with Gasteiger partial charge >= 0.3 is 0 Å². The number of nitrogens with zero attached hydrogens (tertiary/aromatic N) is 3. The first-order valence-electron chi connectivity index (χ1n) is 14.4. The zero-order valence-corrected chi connectivity index (χ0v) is 25.0. The first-order valence-corrected chi connectivity index (χ1v) is 14.4. The highest BCUT2D eigenvalue weighted by Crippen LogP contribution is 2.19. The third kappa shape index (κ3) is 12.0. The molecule has 0 spiro atoms. The number of likely N-dealkylation sites (tertiary alicyclic amines) is 2. The quantitative estimate of drug-likeness (QED) is 0.284. The lowest BCUT2D eigenvalue weighted by molar-refractivity contribution is -0.134. The van der Waals surface area contributed by atoms with Crippen LogP contribution in [0.2, 0.25) is 0 Å². The van der Waals surface area contributed by atoms with Gasteiger partial charge in [0.15, 0.2) is 0 Å². The lowest BCUT2D eigenvalue weighted by atomic mass is 9.98. The predicted molar refractivity (Wildman–Crippen MR) is 164 cm³/mol. The highest BCUT2D eigenvalue weighted by molar-refractivity contribution is 5.78. The van der Waals surface area contributed by atoms with E-state index in [1.165, 1.54) is 12.8 Å². The summed E-state index contributed by atoms with van der Waals surface area (Å²) < 4.78 is 5.63. The molecule has 39 heavy (non-hydrogen) atoms. The number of nitrogens with one attached hydrogen (secondary N) is 1. The molecule has 7 nitrogen and oxygen atoms in total. The number of hydrogen-bond acceptors (Lipinski definition) is 6. The van der Waals surface area contributed by atoms with Crippen molar-refractivity contribution in [1.29, 1.82) is 0 Å². The molecule has 0 atom stereocenters. The first kappa shape index (κ1) is 33.8. The van der Waals surface area contributed by atoms with E-state index < -0.39 is 0 Å². The van der Waals surface area contributed by atoms with Gasteiger partial charge in [0.1, 0.15) is 17.7 Å². The zero-order chi connectivity index (χ0) is 29.0. The highest BCUT2D eigenvalue weighted by Gasteiger charge is 2.24. The second-order valence-corrected chi connectivity index (χ2v) is 9.34. The molecule has 0 bridgehead atoms. The van der Waals surface area contributed by atoms with Gasteiger partial charge in [0.25, 0.3) is 0 Å². The molecule has 0 unspecified atom stereocenters. The van der Waals surface area contributed by atoms with Crippen LogP contribution in [0.15, 0.2) is 42.8 Å². The standard InChI is InChI=1S/C18H24N2O.C12H20N2O2.C2H6/c1-6-9-12-21-18(8-3)16-11-10-15(7-2)17(20-16)13-14(4)19-5;15-10-11-3-7-14(8-4-11)12(16)9-13-5-1-2-6-13;1-2/h7-13,19H,2,6H2,1,3-5H3;10-11H,1-9H2;1-2H3/b12-9+,14-13+,18-8-;;. The van der Waals surface area contributed by atoms with Crippen molar-refractivity contribution >= 4 is 30.1 Å². The van der Waals surface area contributed by atoms with E-state index in [0.29, 0.717) is 6.54 Å². The van der Waals surface area contributed by atoms with Gasteiger partial charge < -0.3 is 19.7 Å². The molecule has 0 saturated carbocycles. The fourth-order valence-electron chi connectivity index (χ4n) is 4.20. The third-order valence-electron chi connectivity index (χ3n) is 6.61. The fourth-order valence-corrected chi connectivity index (χ4v) is 4.20. The summed E-state index contributed by atoms with van der Waals surface area (Å²) in [6.07, 6.45) is 15.5. The second-order valence-electron chi connectivity index (χ2n) is 9.34. The van der Waals surface area contributed by atoms with Gasteiger partial charge in [-0.25, -0.2) is 4.98 Å². The molecule has 1 amide bonds. The number of aromatic nitrogens is 1. The van der Waals surface area contributed by atoms with E-state index in [1.54, 1.807) is 12.3 Å². The van der Waals surface area contributed by atoms with Gasteiger partial charge in [-0.15, -0.1) is 0 Å². The van der Waals surface area contributed by atoms with Gasteiger partial charge in [0.2, 0.25) is 5.91 Å². The third-order valence-corrected chi connectivity index (χ3v) is 6.61. The molecule has 1 aromatic rings. The van der Waals surface area contributed by atoms with Crippen LogP contribution in [-0.4, -0.2) is 66.7 Å². The van der Waals surface area contributed by atoms with E-state index in [4.69, 9.17) is 4.74 Å². The highest BCUT2D eigenvalue weighted by atomic mass is 16.5. The van der Waals surface area contributed by atoms with Gasteiger partial charge in [-0.05, 0) is 88.9 Å². The molecular weight excluding hydrogens is 488 g/mol. The number of amides is 1. The summed E-state index contributed by atoms with van der Waals surface area (Å²) in [5, 5.41) is 3.10. The average molecular weight is 539 g/mol. The summed E-state index contributed by atoms with van der Waals surface area (Å²) in [6, 6.07) is 3.94. The van der Waals surface area contributed by atoms with Crippen LogP contribution in [0.3, 0.4) is 0 Å². The lowest BCUT2D eigenvalue weighted by Gasteiger charge is -2.31. The van der Waals surface area contributed by atoms with E-state index in [2.05, 4.69) is 28.7 Å². The monoisotopic (exact) mass is 538 g/mol. The summed E-state index contributed by atoms with van der Waals surface area (Å²) in [6.45, 7) is 18.1. The Morgan fingerprint density at radius 2 is 1.85 bits per heavy atom. The number of carbonyl (C=O) groups is 2. The topological polar surface area (TPSA) is 74.8 Å². The second kappa shape index (κ2) is 19.8. The molecule has 216 valence electrons. The van der Waals surface area contributed by atoms with Gasteiger partial charge in [-0.1, -0.05) is 39.5 Å². The van der Waals surface area contributed by atoms with Crippen LogP contribution in [-0.2, 0) is 14.3 Å². The van der Waals surface area contributed by atoms with E-state index >= 15 is 0 Å². The van der Waals surface area contributed by atoms with Crippen LogP contribution in [0.4, 0.5) is 0 Å². The Balaban J connectivity index is 0.000000377. The Morgan fingerprint density at radius 3 is 2.38 bits per heavy atom. The van der Waals surface area contributed by atoms with Gasteiger partial charge in [-0.3, -0.25) is 9.69 Å². The number of piperidine rings is 1. The van der Waals surface area contributed by atoms with Crippen LogP contribution >= 0.6 is 0 Å². The summed E-state index contributed by atoms with van der Waals surface area (Å²) in [7, 11) is 1.89. The number of carbonyl (C=O) groups excluding carboxylic acids is 2. The van der Waals surface area contributed by atoms with Crippen molar-refractivity contribution in [2.45, 2.75) is 66.7 Å². The van der Waals surface area contributed by atoms with Gasteiger partial charge in [0, 0.05) is 31.8 Å². The number of rotatable bonds is 10. The first-order chi connectivity index (χ1) is 18.9. The summed E-state index contributed by atoms with van der Waals surface area (Å²) >= 11 is 0. The minimum Gasteiger partial charge on any atom is -0.463 e. The van der Waals surface area contributed by atoms with Crippen molar-refractivity contribution in [2.24, 2.45) is 5.92 Å². The molecule has 0 radical (unpaired) electrons. The maximum absolute atomic E-state index is 11.9. The van der Waals surface area contributed by atoms with Crippen LogP contribution in [0.5, 0.6) is 0 Å². The van der Waals surface area contributed by atoms with Crippen molar-refractivity contribution in [3.63, 3.8) is 0 Å². The Bertz CT molecular complexity index is 970. The molecule has 2 fully saturated rings. The van der Waals surface area contributed by atoms with Crippen molar-refractivity contribution in [3.8, 4) is 0 Å². The van der Waals surface area contributed by atoms with Gasteiger partial charge in [0.05, 0.1) is 18.5 Å². The van der Waals surface area contributed by atoms with E-state index in [9.17, 15) is 9.59 Å². The Labute approximate surface area is 236 Å². The van der Waals surface area contributed by atoms with Crippen LogP contribution in [0.1, 0.15) is 83.7 Å². The predicted octanol–water partition coefficient (Wildman–Crippen LogP) is 6.15. The van der Waals surface area contributed by atoms with Crippen molar-refractivity contribution < 1.29 is 14.3 Å². The summed E-state index contributed by atoms with van der Waals surface area (Å²) in [4.78, 5) is 31.4. The van der Waals surface area contributed by atoms with Gasteiger partial charge in [-0.2, -0.15) is 0 Å². The Hall–Kier alpha value is -3.19. The fraction of sp³-hybridized carbons (Fsp3) is 0.531. The molecule has 2 saturated heterocycles. The molecule has 7 heteroatoms. The number of pyridine rings is 1. The molecule has 1 N–H and O–H groups in total. The molecule has 0 aromatic carbocycles. The molecule has 2 aliphatic rings. The largest absolute Gasteiger partial charge is 0.463 e. The van der Waals surface area contributed by atoms with Crippen LogP contribution in [0, 0.1) is 5.92 Å². The van der Waals surface area contributed by atoms with E-state index in [1.807, 2.05) is 70.0 Å². The Kier molecular flexibility index (Phi) is 17.2. The van der Waals surface area contributed by atoms with Crippen molar-refractivity contribution in [3.05, 3.63) is 59.8 Å². The number of hydrogen-bond donors (Lipinski definition) is 1. The molecule has 3 heterocycles. The van der Waals surface area contributed by atoms with Crippen molar-refractivity contribution in [1.82, 2.24) is 20.1 Å². The van der Waals surface area contributed by atoms with E-state index in [-0.39, 0.29) is 11.8 Å².